The molecule has 2 unspecified atom stereocenters. The molecule has 0 fully saturated rings. The van der Waals surface area contributed by atoms with Gasteiger partial charge in [-0.05, 0) is 19.9 Å². The molecule has 0 saturated carbocycles. The Morgan fingerprint density at radius 1 is 1.37 bits per heavy atom. The van der Waals surface area contributed by atoms with Gasteiger partial charge in [0.15, 0.2) is 0 Å². The quantitative estimate of drug-likeness (QED) is 0.834. The molecule has 0 heterocycles. The highest BCUT2D eigenvalue weighted by atomic mass is 19.3. The molecule has 1 amide bonds. The van der Waals surface area contributed by atoms with Gasteiger partial charge in [0.25, 0.3) is 0 Å². The van der Waals surface area contributed by atoms with E-state index in [4.69, 9.17) is 5.73 Å². The lowest BCUT2D eigenvalue weighted by molar-refractivity contribution is -0.122. The Balaban J connectivity index is 2.75. The third kappa shape index (κ3) is 5.21. The summed E-state index contributed by atoms with van der Waals surface area (Å²) >= 11 is 0. The third-order valence-electron chi connectivity index (χ3n) is 2.49. The van der Waals surface area contributed by atoms with E-state index in [1.807, 2.05) is 0 Å². The molecule has 1 aromatic carbocycles. The number of para-hydroxylation sites is 1. The number of alkyl halides is 2. The van der Waals surface area contributed by atoms with Gasteiger partial charge in [0.1, 0.15) is 5.75 Å². The van der Waals surface area contributed by atoms with Crippen molar-refractivity contribution in [2.75, 3.05) is 0 Å². The number of hydrogen-bond acceptors (Lipinski definition) is 3. The van der Waals surface area contributed by atoms with E-state index in [0.29, 0.717) is 5.56 Å². The SMILES string of the molecule is CC(N)CC(=O)NC(C)c1ccccc1OC(F)F. The maximum Gasteiger partial charge on any atom is 0.387 e. The highest BCUT2D eigenvalue weighted by molar-refractivity contribution is 5.77. The minimum atomic E-state index is -2.90. The van der Waals surface area contributed by atoms with Crippen LogP contribution < -0.4 is 15.8 Å². The molecule has 1 rings (SSSR count). The summed E-state index contributed by atoms with van der Waals surface area (Å²) in [4.78, 5) is 11.6. The lowest BCUT2D eigenvalue weighted by Crippen LogP contribution is -2.32. The third-order valence-corrected chi connectivity index (χ3v) is 2.49. The Bertz CT molecular complexity index is 425. The summed E-state index contributed by atoms with van der Waals surface area (Å²) in [5, 5.41) is 2.70. The van der Waals surface area contributed by atoms with Gasteiger partial charge in [-0.1, -0.05) is 18.2 Å². The molecule has 0 aliphatic rings. The van der Waals surface area contributed by atoms with Crippen LogP contribution >= 0.6 is 0 Å². The second-order valence-electron chi connectivity index (χ2n) is 4.39. The van der Waals surface area contributed by atoms with Gasteiger partial charge >= 0.3 is 6.61 Å². The smallest absolute Gasteiger partial charge is 0.387 e. The monoisotopic (exact) mass is 272 g/mol. The number of hydrogen-bond donors (Lipinski definition) is 2. The molecule has 0 radical (unpaired) electrons. The van der Waals surface area contributed by atoms with E-state index in [1.165, 1.54) is 6.07 Å². The molecule has 3 N–H and O–H groups in total. The van der Waals surface area contributed by atoms with Crippen LogP contribution in [0, 0.1) is 0 Å². The Hall–Kier alpha value is -1.69. The number of rotatable bonds is 6. The molecule has 106 valence electrons. The second kappa shape index (κ2) is 7.04. The van der Waals surface area contributed by atoms with E-state index in [1.54, 1.807) is 32.0 Å². The van der Waals surface area contributed by atoms with Crippen LogP contribution in [0.2, 0.25) is 0 Å². The van der Waals surface area contributed by atoms with Gasteiger partial charge in [-0.15, -0.1) is 0 Å². The Labute approximate surface area is 110 Å². The van der Waals surface area contributed by atoms with E-state index < -0.39 is 12.7 Å². The molecule has 2 atom stereocenters. The molecule has 4 nitrogen and oxygen atoms in total. The fourth-order valence-electron chi connectivity index (χ4n) is 1.71. The predicted octanol–water partition coefficient (Wildman–Crippen LogP) is 2.20. The van der Waals surface area contributed by atoms with E-state index in [9.17, 15) is 13.6 Å². The molecular weight excluding hydrogens is 254 g/mol. The van der Waals surface area contributed by atoms with Crippen molar-refractivity contribution in [2.24, 2.45) is 5.73 Å². The first kappa shape index (κ1) is 15.4. The van der Waals surface area contributed by atoms with Crippen LogP contribution in [0.4, 0.5) is 8.78 Å². The van der Waals surface area contributed by atoms with Crippen LogP contribution in [-0.2, 0) is 4.79 Å². The first-order valence-electron chi connectivity index (χ1n) is 5.98. The summed E-state index contributed by atoms with van der Waals surface area (Å²) in [6.07, 6.45) is 0.183. The Morgan fingerprint density at radius 2 is 2.00 bits per heavy atom. The van der Waals surface area contributed by atoms with Crippen LogP contribution in [0.25, 0.3) is 0 Å². The van der Waals surface area contributed by atoms with E-state index in [0.717, 1.165) is 0 Å². The average Bonchev–Trinajstić information content (AvgIpc) is 2.27. The number of ether oxygens (including phenoxy) is 1. The molecule has 1 aromatic rings. The van der Waals surface area contributed by atoms with Crippen LogP contribution in [-0.4, -0.2) is 18.6 Å². The zero-order valence-corrected chi connectivity index (χ0v) is 10.9. The Morgan fingerprint density at radius 3 is 2.58 bits per heavy atom. The lowest BCUT2D eigenvalue weighted by atomic mass is 10.1. The molecule has 0 spiro atoms. The highest BCUT2D eigenvalue weighted by Crippen LogP contribution is 2.26. The van der Waals surface area contributed by atoms with Crippen LogP contribution in [0.3, 0.4) is 0 Å². The highest BCUT2D eigenvalue weighted by Gasteiger charge is 2.16. The topological polar surface area (TPSA) is 64.4 Å². The maximum absolute atomic E-state index is 12.3. The van der Waals surface area contributed by atoms with Crippen LogP contribution in [0.15, 0.2) is 24.3 Å². The average molecular weight is 272 g/mol. The molecular formula is C13H18F2N2O2. The molecule has 0 aliphatic heterocycles. The summed E-state index contributed by atoms with van der Waals surface area (Å²) in [6.45, 7) is 0.526. The number of carbonyl (C=O) groups excluding carboxylic acids is 1. The summed E-state index contributed by atoms with van der Waals surface area (Å²) < 4.78 is 29.0. The first-order chi connectivity index (χ1) is 8.90. The predicted molar refractivity (Wildman–Crippen MR) is 67.9 cm³/mol. The number of halogens is 2. The fraction of sp³-hybridized carbons (Fsp3) is 0.462. The van der Waals surface area contributed by atoms with Crippen molar-refractivity contribution in [1.82, 2.24) is 5.32 Å². The van der Waals surface area contributed by atoms with Gasteiger partial charge in [-0.25, -0.2) is 0 Å². The van der Waals surface area contributed by atoms with Crippen LogP contribution in [0.1, 0.15) is 31.9 Å². The van der Waals surface area contributed by atoms with Gasteiger partial charge in [0.2, 0.25) is 5.91 Å². The molecule has 0 saturated heterocycles. The zero-order chi connectivity index (χ0) is 14.4. The van der Waals surface area contributed by atoms with Crippen molar-refractivity contribution < 1.29 is 18.3 Å². The normalized spacial score (nSPS) is 14.0. The van der Waals surface area contributed by atoms with Crippen molar-refractivity contribution in [3.8, 4) is 5.75 Å². The zero-order valence-electron chi connectivity index (χ0n) is 10.9. The van der Waals surface area contributed by atoms with Crippen molar-refractivity contribution in [2.45, 2.75) is 39.0 Å². The lowest BCUT2D eigenvalue weighted by Gasteiger charge is -2.18. The van der Waals surface area contributed by atoms with Gasteiger partial charge in [-0.2, -0.15) is 8.78 Å². The molecule has 6 heteroatoms. The summed E-state index contributed by atoms with van der Waals surface area (Å²) in [5.74, 6) is -0.166. The number of carbonyl (C=O) groups is 1. The number of amides is 1. The van der Waals surface area contributed by atoms with Crippen molar-refractivity contribution in [3.63, 3.8) is 0 Å². The van der Waals surface area contributed by atoms with Crippen molar-refractivity contribution >= 4 is 5.91 Å². The molecule has 0 bridgehead atoms. The van der Waals surface area contributed by atoms with Gasteiger partial charge in [0, 0.05) is 18.0 Å². The van der Waals surface area contributed by atoms with E-state index in [2.05, 4.69) is 10.1 Å². The summed E-state index contributed by atoms with van der Waals surface area (Å²) in [7, 11) is 0. The van der Waals surface area contributed by atoms with Gasteiger partial charge < -0.3 is 15.8 Å². The maximum atomic E-state index is 12.3. The second-order valence-corrected chi connectivity index (χ2v) is 4.39. The largest absolute Gasteiger partial charge is 0.434 e. The molecule has 0 aliphatic carbocycles. The standard InChI is InChI=1S/C13H18F2N2O2/c1-8(16)7-12(18)17-9(2)10-5-3-4-6-11(10)19-13(14)15/h3-6,8-9,13H,7,16H2,1-2H3,(H,17,18). The van der Waals surface area contributed by atoms with Crippen LogP contribution in [0.5, 0.6) is 5.75 Å². The molecule has 19 heavy (non-hydrogen) atoms. The molecule has 0 aromatic heterocycles. The van der Waals surface area contributed by atoms with Crippen molar-refractivity contribution in [1.29, 1.82) is 0 Å². The number of nitrogens with two attached hydrogens (primary N) is 1. The number of benzene rings is 1. The first-order valence-corrected chi connectivity index (χ1v) is 5.98. The van der Waals surface area contributed by atoms with Crippen molar-refractivity contribution in [3.05, 3.63) is 29.8 Å². The minimum Gasteiger partial charge on any atom is -0.434 e. The minimum absolute atomic E-state index is 0.0612. The fourth-order valence-corrected chi connectivity index (χ4v) is 1.71. The van der Waals surface area contributed by atoms with E-state index in [-0.39, 0.29) is 24.1 Å². The van der Waals surface area contributed by atoms with Gasteiger partial charge in [-0.3, -0.25) is 4.79 Å². The Kier molecular flexibility index (Phi) is 5.69. The summed E-state index contributed by atoms with van der Waals surface area (Å²) in [5.41, 5.74) is 6.02. The number of nitrogens with one attached hydrogen (secondary N) is 1. The van der Waals surface area contributed by atoms with Gasteiger partial charge in [0.05, 0.1) is 6.04 Å². The van der Waals surface area contributed by atoms with E-state index >= 15 is 0 Å². The summed E-state index contributed by atoms with van der Waals surface area (Å²) in [6, 6.07) is 5.69.